The van der Waals surface area contributed by atoms with Crippen LogP contribution in [0.1, 0.15) is 40.5 Å². The van der Waals surface area contributed by atoms with Crippen molar-refractivity contribution in [1.82, 2.24) is 14.7 Å². The molecule has 2 heterocycles. The fourth-order valence-corrected chi connectivity index (χ4v) is 3.86. The highest BCUT2D eigenvalue weighted by Crippen LogP contribution is 2.28. The maximum atomic E-state index is 12.6. The molecular formula is C18H19Cl2N3O3. The Hall–Kier alpha value is -2.05. The summed E-state index contributed by atoms with van der Waals surface area (Å²) in [7, 11) is 0. The topological polar surface area (TPSA) is 75.4 Å². The summed E-state index contributed by atoms with van der Waals surface area (Å²) in [5, 5.41) is 14.4. The number of piperidine rings is 1. The summed E-state index contributed by atoms with van der Waals surface area (Å²) in [5.74, 6) is -0.986. The third kappa shape index (κ3) is 3.71. The third-order valence-electron chi connectivity index (χ3n) is 4.83. The van der Waals surface area contributed by atoms with Gasteiger partial charge in [-0.2, -0.15) is 5.10 Å². The fourth-order valence-electron chi connectivity index (χ4n) is 3.33. The van der Waals surface area contributed by atoms with Gasteiger partial charge in [0.25, 0.3) is 0 Å². The standard InChI is InChI=1S/C18H19Cl2N3O3/c1-11-14(18(25)26)10-21-23(11)12-5-7-22(8-6-12)17(24)9-13-15(19)3-2-4-16(13)20/h2-4,10,12H,5-9H2,1H3,(H,25,26). The molecule has 3 rings (SSSR count). The number of amides is 1. The number of aromatic carboxylic acids is 1. The number of rotatable bonds is 4. The molecule has 138 valence electrons. The molecule has 0 saturated carbocycles. The number of halogens is 2. The van der Waals surface area contributed by atoms with Gasteiger partial charge in [0, 0.05) is 23.1 Å². The van der Waals surface area contributed by atoms with Gasteiger partial charge in [0.1, 0.15) is 5.56 Å². The predicted octanol–water partition coefficient (Wildman–Crippen LogP) is 3.60. The van der Waals surface area contributed by atoms with Crippen molar-refractivity contribution < 1.29 is 14.7 Å². The van der Waals surface area contributed by atoms with Gasteiger partial charge in [-0.15, -0.1) is 0 Å². The monoisotopic (exact) mass is 395 g/mol. The van der Waals surface area contributed by atoms with Crippen LogP contribution in [0.2, 0.25) is 10.0 Å². The Labute approximate surface area is 161 Å². The number of aromatic nitrogens is 2. The van der Waals surface area contributed by atoms with Crippen LogP contribution in [0.4, 0.5) is 0 Å². The van der Waals surface area contributed by atoms with Crippen LogP contribution in [0, 0.1) is 6.92 Å². The fraction of sp³-hybridized carbons (Fsp3) is 0.389. The van der Waals surface area contributed by atoms with E-state index >= 15 is 0 Å². The van der Waals surface area contributed by atoms with Crippen molar-refractivity contribution in [1.29, 1.82) is 0 Å². The Morgan fingerprint density at radius 3 is 2.38 bits per heavy atom. The van der Waals surface area contributed by atoms with E-state index in [9.17, 15) is 9.59 Å². The number of nitrogens with zero attached hydrogens (tertiary/aromatic N) is 3. The molecule has 1 aromatic carbocycles. The molecule has 1 aliphatic heterocycles. The number of hydrogen-bond acceptors (Lipinski definition) is 3. The molecule has 26 heavy (non-hydrogen) atoms. The second-order valence-electron chi connectivity index (χ2n) is 6.38. The van der Waals surface area contributed by atoms with Crippen LogP contribution in [-0.4, -0.2) is 44.8 Å². The highest BCUT2D eigenvalue weighted by atomic mass is 35.5. The van der Waals surface area contributed by atoms with E-state index in [1.165, 1.54) is 6.20 Å². The van der Waals surface area contributed by atoms with Crippen LogP contribution in [0.5, 0.6) is 0 Å². The molecule has 1 fully saturated rings. The zero-order chi connectivity index (χ0) is 18.8. The summed E-state index contributed by atoms with van der Waals surface area (Å²) in [5.41, 5.74) is 1.51. The molecule has 1 N–H and O–H groups in total. The smallest absolute Gasteiger partial charge is 0.339 e. The molecule has 0 bridgehead atoms. The van der Waals surface area contributed by atoms with Gasteiger partial charge in [-0.1, -0.05) is 29.3 Å². The number of carbonyl (C=O) groups excluding carboxylic acids is 1. The second-order valence-corrected chi connectivity index (χ2v) is 7.20. The number of hydrogen-bond donors (Lipinski definition) is 1. The summed E-state index contributed by atoms with van der Waals surface area (Å²) in [4.78, 5) is 25.5. The molecule has 8 heteroatoms. The lowest BCUT2D eigenvalue weighted by Gasteiger charge is -2.33. The molecule has 0 radical (unpaired) electrons. The van der Waals surface area contributed by atoms with Crippen LogP contribution < -0.4 is 0 Å². The lowest BCUT2D eigenvalue weighted by atomic mass is 10.0. The summed E-state index contributed by atoms with van der Waals surface area (Å²) in [6.07, 6.45) is 3.01. The van der Waals surface area contributed by atoms with Gasteiger partial charge >= 0.3 is 5.97 Å². The average Bonchev–Trinajstić information content (AvgIpc) is 3.00. The van der Waals surface area contributed by atoms with E-state index in [4.69, 9.17) is 28.3 Å². The molecule has 0 atom stereocenters. The van der Waals surface area contributed by atoms with Crippen molar-refractivity contribution in [3.05, 3.63) is 51.3 Å². The molecule has 2 aromatic rings. The minimum atomic E-state index is -0.974. The Bertz CT molecular complexity index is 822. The largest absolute Gasteiger partial charge is 0.478 e. The molecule has 1 aromatic heterocycles. The lowest BCUT2D eigenvalue weighted by molar-refractivity contribution is -0.131. The summed E-state index contributed by atoms with van der Waals surface area (Å²) < 4.78 is 1.76. The number of carboxylic acid groups (broad SMARTS) is 1. The summed E-state index contributed by atoms with van der Waals surface area (Å²) in [6.45, 7) is 2.94. The number of likely N-dealkylation sites (tertiary alicyclic amines) is 1. The first-order chi connectivity index (χ1) is 12.4. The van der Waals surface area contributed by atoms with Crippen molar-refractivity contribution in [2.75, 3.05) is 13.1 Å². The summed E-state index contributed by atoms with van der Waals surface area (Å²) >= 11 is 12.3. The lowest BCUT2D eigenvalue weighted by Crippen LogP contribution is -2.40. The van der Waals surface area contributed by atoms with Crippen LogP contribution in [0.25, 0.3) is 0 Å². The molecular weight excluding hydrogens is 377 g/mol. The summed E-state index contributed by atoms with van der Waals surface area (Å²) in [6, 6.07) is 5.30. The zero-order valence-corrected chi connectivity index (χ0v) is 15.8. The third-order valence-corrected chi connectivity index (χ3v) is 5.54. The maximum absolute atomic E-state index is 12.6. The van der Waals surface area contributed by atoms with E-state index in [0.717, 1.165) is 12.8 Å². The Morgan fingerprint density at radius 1 is 1.23 bits per heavy atom. The molecule has 1 saturated heterocycles. The van der Waals surface area contributed by atoms with Gasteiger partial charge < -0.3 is 10.0 Å². The quantitative estimate of drug-likeness (QED) is 0.857. The van der Waals surface area contributed by atoms with E-state index in [1.54, 1.807) is 34.7 Å². The van der Waals surface area contributed by atoms with E-state index < -0.39 is 5.97 Å². The van der Waals surface area contributed by atoms with Crippen molar-refractivity contribution in [2.45, 2.75) is 32.2 Å². The van der Waals surface area contributed by atoms with Crippen LogP contribution >= 0.6 is 23.2 Å². The normalized spacial score (nSPS) is 15.3. The number of carbonyl (C=O) groups is 2. The average molecular weight is 396 g/mol. The molecule has 1 aliphatic rings. The van der Waals surface area contributed by atoms with Crippen molar-refractivity contribution in [2.24, 2.45) is 0 Å². The van der Waals surface area contributed by atoms with Gasteiger partial charge in [-0.05, 0) is 37.5 Å². The minimum Gasteiger partial charge on any atom is -0.478 e. The van der Waals surface area contributed by atoms with E-state index in [1.807, 2.05) is 0 Å². The Balaban J connectivity index is 1.63. The van der Waals surface area contributed by atoms with Gasteiger partial charge in [0.15, 0.2) is 0 Å². The Morgan fingerprint density at radius 2 is 1.85 bits per heavy atom. The maximum Gasteiger partial charge on any atom is 0.339 e. The Kier molecular flexibility index (Phi) is 5.53. The van der Waals surface area contributed by atoms with E-state index in [-0.39, 0.29) is 23.9 Å². The second kappa shape index (κ2) is 7.68. The van der Waals surface area contributed by atoms with Crippen LogP contribution in [0.3, 0.4) is 0 Å². The van der Waals surface area contributed by atoms with Crippen molar-refractivity contribution >= 4 is 35.1 Å². The van der Waals surface area contributed by atoms with Gasteiger partial charge in [0.05, 0.1) is 24.4 Å². The van der Waals surface area contributed by atoms with E-state index in [0.29, 0.717) is 34.4 Å². The van der Waals surface area contributed by atoms with Gasteiger partial charge in [-0.3, -0.25) is 9.48 Å². The van der Waals surface area contributed by atoms with E-state index in [2.05, 4.69) is 5.10 Å². The van der Waals surface area contributed by atoms with Gasteiger partial charge in [-0.25, -0.2) is 4.79 Å². The molecule has 0 unspecified atom stereocenters. The minimum absolute atomic E-state index is 0.0122. The van der Waals surface area contributed by atoms with Crippen molar-refractivity contribution in [3.8, 4) is 0 Å². The van der Waals surface area contributed by atoms with Crippen LogP contribution in [-0.2, 0) is 11.2 Å². The first kappa shape index (κ1) is 18.7. The SMILES string of the molecule is Cc1c(C(=O)O)cnn1C1CCN(C(=O)Cc2c(Cl)cccc2Cl)CC1. The highest BCUT2D eigenvalue weighted by molar-refractivity contribution is 6.36. The molecule has 1 amide bonds. The molecule has 0 spiro atoms. The van der Waals surface area contributed by atoms with Gasteiger partial charge in [0.2, 0.25) is 5.91 Å². The highest BCUT2D eigenvalue weighted by Gasteiger charge is 2.27. The first-order valence-electron chi connectivity index (χ1n) is 8.36. The predicted molar refractivity (Wildman–Crippen MR) is 98.9 cm³/mol. The van der Waals surface area contributed by atoms with Crippen LogP contribution in [0.15, 0.2) is 24.4 Å². The molecule has 6 nitrogen and oxygen atoms in total. The first-order valence-corrected chi connectivity index (χ1v) is 9.12. The van der Waals surface area contributed by atoms with Crippen molar-refractivity contribution in [3.63, 3.8) is 0 Å². The number of carboxylic acids is 1. The zero-order valence-electron chi connectivity index (χ0n) is 14.3. The molecule has 0 aliphatic carbocycles. The number of benzene rings is 1.